The fourth-order valence-corrected chi connectivity index (χ4v) is 4.52. The summed E-state index contributed by atoms with van der Waals surface area (Å²) in [5.74, 6) is 0.271. The van der Waals surface area contributed by atoms with Gasteiger partial charge in [0.15, 0.2) is 0 Å². The molecule has 1 N–H and O–H groups in total. The molecule has 1 saturated heterocycles. The average Bonchev–Trinajstić information content (AvgIpc) is 2.97. The summed E-state index contributed by atoms with van der Waals surface area (Å²) < 4.78 is 0. The highest BCUT2D eigenvalue weighted by Crippen LogP contribution is 2.29. The number of carbonyl (C=O) groups excluding carboxylic acids is 1. The van der Waals surface area contributed by atoms with Gasteiger partial charge in [-0.15, -0.1) is 0 Å². The number of amides is 1. The molecule has 0 bridgehead atoms. The average molecular weight is 356 g/mol. The SMILES string of the molecule is CCN(CC)C1CCN(C(=O)Cc2c(C)[nH]c3c(C)ccc(C)c23)CC1. The molecule has 142 valence electrons. The number of H-pyrrole nitrogens is 1. The second kappa shape index (κ2) is 7.83. The molecule has 1 aromatic heterocycles. The third-order valence-corrected chi connectivity index (χ3v) is 6.16. The van der Waals surface area contributed by atoms with E-state index in [1.165, 1.54) is 27.6 Å². The first-order valence-corrected chi connectivity index (χ1v) is 10.0. The molecule has 1 fully saturated rings. The Morgan fingerprint density at radius 2 is 1.73 bits per heavy atom. The van der Waals surface area contributed by atoms with Gasteiger partial charge in [-0.3, -0.25) is 4.79 Å². The maximum Gasteiger partial charge on any atom is 0.227 e. The zero-order valence-electron chi connectivity index (χ0n) is 17.0. The van der Waals surface area contributed by atoms with E-state index in [-0.39, 0.29) is 5.91 Å². The van der Waals surface area contributed by atoms with Crippen molar-refractivity contribution >= 4 is 16.8 Å². The van der Waals surface area contributed by atoms with Crippen LogP contribution in [-0.2, 0) is 11.2 Å². The number of carbonyl (C=O) groups is 1. The number of piperidine rings is 1. The van der Waals surface area contributed by atoms with Crippen molar-refractivity contribution in [1.82, 2.24) is 14.8 Å². The Balaban J connectivity index is 1.73. The van der Waals surface area contributed by atoms with Crippen molar-refractivity contribution in [2.45, 2.75) is 59.9 Å². The number of aromatic nitrogens is 1. The zero-order valence-corrected chi connectivity index (χ0v) is 17.0. The Morgan fingerprint density at radius 1 is 1.12 bits per heavy atom. The molecule has 26 heavy (non-hydrogen) atoms. The number of rotatable bonds is 5. The van der Waals surface area contributed by atoms with E-state index in [0.717, 1.165) is 44.7 Å². The maximum absolute atomic E-state index is 13.0. The van der Waals surface area contributed by atoms with Crippen LogP contribution in [0, 0.1) is 20.8 Å². The van der Waals surface area contributed by atoms with E-state index >= 15 is 0 Å². The zero-order chi connectivity index (χ0) is 18.8. The molecule has 0 spiro atoms. The summed E-state index contributed by atoms with van der Waals surface area (Å²) in [7, 11) is 0. The lowest BCUT2D eigenvalue weighted by Gasteiger charge is -2.37. The first-order chi connectivity index (χ1) is 12.5. The number of nitrogens with zero attached hydrogens (tertiary/aromatic N) is 2. The number of fused-ring (bicyclic) bond motifs is 1. The lowest BCUT2D eigenvalue weighted by molar-refractivity contribution is -0.132. The molecular weight excluding hydrogens is 322 g/mol. The second-order valence-corrected chi connectivity index (χ2v) is 7.69. The third kappa shape index (κ3) is 3.52. The number of hydrogen-bond acceptors (Lipinski definition) is 2. The highest BCUT2D eigenvalue weighted by molar-refractivity contribution is 5.93. The van der Waals surface area contributed by atoms with E-state index in [0.29, 0.717) is 12.5 Å². The standard InChI is InChI=1S/C22H33N3O/c1-6-24(7-2)18-10-12-25(13-11-18)20(26)14-19-17(5)23-22-16(4)9-8-15(3)21(19)22/h8-9,18,23H,6-7,10-14H2,1-5H3. The monoisotopic (exact) mass is 355 g/mol. The fraction of sp³-hybridized carbons (Fsp3) is 0.591. The molecule has 2 aromatic rings. The molecule has 4 nitrogen and oxygen atoms in total. The Bertz CT molecular complexity index is 780. The molecule has 3 rings (SSSR count). The van der Waals surface area contributed by atoms with Crippen LogP contribution < -0.4 is 0 Å². The minimum Gasteiger partial charge on any atom is -0.358 e. The summed E-state index contributed by atoms with van der Waals surface area (Å²) in [4.78, 5) is 21.1. The van der Waals surface area contributed by atoms with Crippen LogP contribution in [0.25, 0.3) is 10.9 Å². The van der Waals surface area contributed by atoms with Crippen LogP contribution in [0.4, 0.5) is 0 Å². The van der Waals surface area contributed by atoms with Gasteiger partial charge >= 0.3 is 0 Å². The van der Waals surface area contributed by atoms with Crippen molar-refractivity contribution < 1.29 is 4.79 Å². The van der Waals surface area contributed by atoms with Crippen molar-refractivity contribution in [3.63, 3.8) is 0 Å². The largest absolute Gasteiger partial charge is 0.358 e. The summed E-state index contributed by atoms with van der Waals surface area (Å²) in [5.41, 5.74) is 5.98. The molecular formula is C22H33N3O. The Kier molecular flexibility index (Phi) is 5.71. The quantitative estimate of drug-likeness (QED) is 0.881. The first-order valence-electron chi connectivity index (χ1n) is 10.0. The van der Waals surface area contributed by atoms with Gasteiger partial charge in [-0.1, -0.05) is 26.0 Å². The summed E-state index contributed by atoms with van der Waals surface area (Å²) >= 11 is 0. The Morgan fingerprint density at radius 3 is 2.35 bits per heavy atom. The van der Waals surface area contributed by atoms with E-state index in [2.05, 4.69) is 61.5 Å². The Labute approximate surface area is 157 Å². The van der Waals surface area contributed by atoms with Crippen LogP contribution in [-0.4, -0.2) is 52.9 Å². The number of aryl methyl sites for hydroxylation is 3. The van der Waals surface area contributed by atoms with Gasteiger partial charge in [0, 0.05) is 35.7 Å². The second-order valence-electron chi connectivity index (χ2n) is 7.69. The van der Waals surface area contributed by atoms with Gasteiger partial charge in [0.05, 0.1) is 6.42 Å². The fourth-order valence-electron chi connectivity index (χ4n) is 4.52. The number of benzene rings is 1. The van der Waals surface area contributed by atoms with Gasteiger partial charge in [0.2, 0.25) is 5.91 Å². The molecule has 0 atom stereocenters. The van der Waals surface area contributed by atoms with Crippen LogP contribution in [0.5, 0.6) is 0 Å². The van der Waals surface area contributed by atoms with E-state index in [4.69, 9.17) is 0 Å². The lowest BCUT2D eigenvalue weighted by Crippen LogP contribution is -2.47. The summed E-state index contributed by atoms with van der Waals surface area (Å²) in [5, 5.41) is 1.24. The van der Waals surface area contributed by atoms with E-state index in [1.54, 1.807) is 0 Å². The van der Waals surface area contributed by atoms with Gasteiger partial charge in [0.1, 0.15) is 0 Å². The van der Waals surface area contributed by atoms with Crippen molar-refractivity contribution in [1.29, 1.82) is 0 Å². The van der Waals surface area contributed by atoms with Crippen LogP contribution in [0.15, 0.2) is 12.1 Å². The molecule has 0 aliphatic carbocycles. The van der Waals surface area contributed by atoms with Crippen molar-refractivity contribution in [2.75, 3.05) is 26.2 Å². The van der Waals surface area contributed by atoms with E-state index in [1.807, 2.05) is 0 Å². The number of likely N-dealkylation sites (tertiary alicyclic amines) is 1. The van der Waals surface area contributed by atoms with Gasteiger partial charge in [-0.05, 0) is 63.4 Å². The van der Waals surface area contributed by atoms with Crippen LogP contribution in [0.2, 0.25) is 0 Å². The van der Waals surface area contributed by atoms with Crippen LogP contribution in [0.1, 0.15) is 49.1 Å². The summed E-state index contributed by atoms with van der Waals surface area (Å²) in [6.07, 6.45) is 2.70. The number of hydrogen-bond donors (Lipinski definition) is 1. The predicted octanol–water partition coefficient (Wildman–Crippen LogP) is 3.97. The molecule has 2 heterocycles. The molecule has 1 aromatic carbocycles. The molecule has 0 radical (unpaired) electrons. The minimum atomic E-state index is 0.271. The van der Waals surface area contributed by atoms with Gasteiger partial charge in [-0.25, -0.2) is 0 Å². The molecule has 4 heteroatoms. The van der Waals surface area contributed by atoms with Crippen LogP contribution in [0.3, 0.4) is 0 Å². The molecule has 1 aliphatic heterocycles. The summed E-state index contributed by atoms with van der Waals surface area (Å²) in [6, 6.07) is 4.94. The maximum atomic E-state index is 13.0. The minimum absolute atomic E-state index is 0.271. The first kappa shape index (κ1) is 19.0. The Hall–Kier alpha value is -1.81. The van der Waals surface area contributed by atoms with E-state index < -0.39 is 0 Å². The lowest BCUT2D eigenvalue weighted by atomic mass is 9.99. The number of aromatic amines is 1. The predicted molar refractivity (Wildman–Crippen MR) is 109 cm³/mol. The summed E-state index contributed by atoms with van der Waals surface area (Å²) in [6.45, 7) is 14.8. The van der Waals surface area contributed by atoms with Crippen molar-refractivity contribution in [3.8, 4) is 0 Å². The normalized spacial score (nSPS) is 16.0. The molecule has 1 amide bonds. The van der Waals surface area contributed by atoms with Gasteiger partial charge in [-0.2, -0.15) is 0 Å². The topological polar surface area (TPSA) is 39.3 Å². The van der Waals surface area contributed by atoms with Gasteiger partial charge in [0.25, 0.3) is 0 Å². The van der Waals surface area contributed by atoms with E-state index in [9.17, 15) is 4.79 Å². The van der Waals surface area contributed by atoms with Crippen LogP contribution >= 0.6 is 0 Å². The molecule has 0 saturated carbocycles. The highest BCUT2D eigenvalue weighted by atomic mass is 16.2. The highest BCUT2D eigenvalue weighted by Gasteiger charge is 2.26. The van der Waals surface area contributed by atoms with Crippen molar-refractivity contribution in [2.24, 2.45) is 0 Å². The molecule has 1 aliphatic rings. The molecule has 0 unspecified atom stereocenters. The third-order valence-electron chi connectivity index (χ3n) is 6.16. The number of nitrogens with one attached hydrogen (secondary N) is 1. The van der Waals surface area contributed by atoms with Gasteiger partial charge < -0.3 is 14.8 Å². The van der Waals surface area contributed by atoms with Crippen molar-refractivity contribution in [3.05, 3.63) is 34.5 Å². The smallest absolute Gasteiger partial charge is 0.227 e.